The number of pyridine rings is 1. The second-order valence-corrected chi connectivity index (χ2v) is 8.99. The molecule has 2 aromatic carbocycles. The molecular weight excluding hydrogens is 413 g/mol. The number of phenols is 1. The first kappa shape index (κ1) is 19.8. The highest BCUT2D eigenvalue weighted by Gasteiger charge is 2.28. The van der Waals surface area contributed by atoms with Crippen LogP contribution in [0.25, 0.3) is 21.7 Å². The van der Waals surface area contributed by atoms with Crippen LogP contribution in [0.2, 0.25) is 0 Å². The van der Waals surface area contributed by atoms with Crippen molar-refractivity contribution in [2.45, 2.75) is 6.54 Å². The molecule has 0 amide bonds. The SMILES string of the molecule is CN(c1c2ccc[nH]c2c(O)c2c(O)n(Cc3ccc(F)cc3)c(=O)c12)S(C)(=O)=O. The van der Waals surface area contributed by atoms with Crippen molar-refractivity contribution in [3.8, 4) is 11.6 Å². The van der Waals surface area contributed by atoms with E-state index in [0.29, 0.717) is 10.9 Å². The molecule has 2 heterocycles. The van der Waals surface area contributed by atoms with Crippen molar-refractivity contribution in [3.05, 3.63) is 64.3 Å². The highest BCUT2D eigenvalue weighted by atomic mass is 32.2. The van der Waals surface area contributed by atoms with Gasteiger partial charge in [-0.2, -0.15) is 0 Å². The number of nitrogens with zero attached hydrogens (tertiary/aromatic N) is 2. The molecule has 156 valence electrons. The zero-order chi connectivity index (χ0) is 21.8. The van der Waals surface area contributed by atoms with Crippen LogP contribution in [0.4, 0.5) is 10.1 Å². The van der Waals surface area contributed by atoms with E-state index in [4.69, 9.17) is 0 Å². The number of benzene rings is 2. The van der Waals surface area contributed by atoms with Gasteiger partial charge in [-0.3, -0.25) is 13.7 Å². The maximum Gasteiger partial charge on any atom is 0.264 e. The van der Waals surface area contributed by atoms with Gasteiger partial charge in [-0.25, -0.2) is 12.8 Å². The van der Waals surface area contributed by atoms with E-state index >= 15 is 0 Å². The molecule has 0 bridgehead atoms. The maximum atomic E-state index is 13.3. The summed E-state index contributed by atoms with van der Waals surface area (Å²) in [5.41, 5.74) is 0.0659. The molecule has 2 aromatic heterocycles. The number of aromatic hydroxyl groups is 2. The second-order valence-electron chi connectivity index (χ2n) is 6.98. The molecule has 0 aliphatic rings. The molecule has 0 saturated carbocycles. The Kier molecular flexibility index (Phi) is 4.46. The first-order chi connectivity index (χ1) is 14.1. The van der Waals surface area contributed by atoms with Crippen LogP contribution in [0, 0.1) is 5.82 Å². The average Bonchev–Trinajstić information content (AvgIpc) is 2.94. The Morgan fingerprint density at radius 1 is 1.13 bits per heavy atom. The summed E-state index contributed by atoms with van der Waals surface area (Å²) in [4.78, 5) is 16.1. The van der Waals surface area contributed by atoms with Gasteiger partial charge in [0.1, 0.15) is 5.82 Å². The normalized spacial score (nSPS) is 12.0. The van der Waals surface area contributed by atoms with Crippen molar-refractivity contribution in [1.82, 2.24) is 9.55 Å². The molecule has 0 unspecified atom stereocenters. The Morgan fingerprint density at radius 2 is 1.80 bits per heavy atom. The largest absolute Gasteiger partial charge is 0.505 e. The van der Waals surface area contributed by atoms with Gasteiger partial charge in [-0.05, 0) is 29.8 Å². The summed E-state index contributed by atoms with van der Waals surface area (Å²) in [6.45, 7) is -0.0961. The van der Waals surface area contributed by atoms with Gasteiger partial charge in [0.25, 0.3) is 5.56 Å². The molecule has 0 saturated heterocycles. The fourth-order valence-corrected chi connectivity index (χ4v) is 4.05. The van der Waals surface area contributed by atoms with E-state index in [1.807, 2.05) is 0 Å². The van der Waals surface area contributed by atoms with E-state index in [1.54, 1.807) is 12.1 Å². The standard InChI is InChI=1S/C20H18FN3O5S/c1-23(30(2,28)29)17-13-4-3-9-22-16(13)18(25)15-14(17)19(26)24(20(15)27)10-11-5-7-12(21)8-6-11/h3-9,22,25,27H,10H2,1-2H3. The predicted molar refractivity (Wildman–Crippen MR) is 112 cm³/mol. The lowest BCUT2D eigenvalue weighted by atomic mass is 10.1. The molecule has 0 spiro atoms. The Labute approximate surface area is 170 Å². The minimum Gasteiger partial charge on any atom is -0.505 e. The Balaban J connectivity index is 2.12. The van der Waals surface area contributed by atoms with Gasteiger partial charge in [-0.1, -0.05) is 12.1 Å². The summed E-state index contributed by atoms with van der Waals surface area (Å²) in [5, 5.41) is 21.6. The Morgan fingerprint density at radius 3 is 2.43 bits per heavy atom. The number of phenolic OH excluding ortho intramolecular Hbond substituents is 1. The van der Waals surface area contributed by atoms with Crippen molar-refractivity contribution in [3.63, 3.8) is 0 Å². The molecule has 3 N–H and O–H groups in total. The molecule has 0 aliphatic heterocycles. The number of nitrogens with one attached hydrogen (secondary N) is 1. The van der Waals surface area contributed by atoms with Crippen molar-refractivity contribution >= 4 is 37.4 Å². The Hall–Kier alpha value is -3.53. The number of halogens is 1. The molecule has 30 heavy (non-hydrogen) atoms. The first-order valence-corrected chi connectivity index (χ1v) is 10.7. The maximum absolute atomic E-state index is 13.3. The number of aromatic nitrogens is 2. The monoisotopic (exact) mass is 431 g/mol. The molecule has 0 aliphatic carbocycles. The number of hydrogen-bond acceptors (Lipinski definition) is 5. The van der Waals surface area contributed by atoms with E-state index in [1.165, 1.54) is 37.5 Å². The lowest BCUT2D eigenvalue weighted by Gasteiger charge is -2.20. The third-order valence-electron chi connectivity index (χ3n) is 5.08. The lowest BCUT2D eigenvalue weighted by Crippen LogP contribution is -2.27. The van der Waals surface area contributed by atoms with Crippen LogP contribution in [0.1, 0.15) is 5.56 Å². The molecule has 0 radical (unpaired) electrons. The molecule has 4 aromatic rings. The van der Waals surface area contributed by atoms with Crippen LogP contribution in [-0.2, 0) is 16.6 Å². The van der Waals surface area contributed by atoms with Crippen molar-refractivity contribution in [1.29, 1.82) is 0 Å². The summed E-state index contributed by atoms with van der Waals surface area (Å²) in [6, 6.07) is 8.55. The number of aromatic amines is 1. The molecular formula is C20H18FN3O5S. The number of sulfonamides is 1. The fourth-order valence-electron chi connectivity index (χ4n) is 3.53. The van der Waals surface area contributed by atoms with Crippen LogP contribution in [0.5, 0.6) is 11.6 Å². The Bertz CT molecular complexity index is 1460. The van der Waals surface area contributed by atoms with Gasteiger partial charge in [0.15, 0.2) is 5.75 Å². The van der Waals surface area contributed by atoms with Gasteiger partial charge in [0, 0.05) is 18.6 Å². The molecule has 0 fully saturated rings. The van der Waals surface area contributed by atoms with E-state index in [2.05, 4.69) is 4.98 Å². The van der Waals surface area contributed by atoms with E-state index in [0.717, 1.165) is 15.1 Å². The zero-order valence-electron chi connectivity index (χ0n) is 16.0. The van der Waals surface area contributed by atoms with Crippen LogP contribution < -0.4 is 9.86 Å². The molecule has 10 heteroatoms. The van der Waals surface area contributed by atoms with Gasteiger partial charge >= 0.3 is 0 Å². The van der Waals surface area contributed by atoms with E-state index in [9.17, 15) is 27.8 Å². The van der Waals surface area contributed by atoms with Crippen LogP contribution >= 0.6 is 0 Å². The molecule has 4 rings (SSSR count). The number of hydrogen-bond donors (Lipinski definition) is 3. The highest BCUT2D eigenvalue weighted by Crippen LogP contribution is 2.44. The summed E-state index contributed by atoms with van der Waals surface area (Å²) >= 11 is 0. The van der Waals surface area contributed by atoms with Gasteiger partial charge in [-0.15, -0.1) is 0 Å². The van der Waals surface area contributed by atoms with Crippen LogP contribution in [0.3, 0.4) is 0 Å². The van der Waals surface area contributed by atoms with Crippen LogP contribution in [-0.4, -0.2) is 41.5 Å². The molecule has 8 nitrogen and oxygen atoms in total. The quantitative estimate of drug-likeness (QED) is 0.459. The third-order valence-corrected chi connectivity index (χ3v) is 6.25. The number of fused-ring (bicyclic) bond motifs is 2. The number of anilines is 1. The smallest absolute Gasteiger partial charge is 0.264 e. The van der Waals surface area contributed by atoms with Gasteiger partial charge in [0.2, 0.25) is 15.9 Å². The molecule has 0 atom stereocenters. The first-order valence-electron chi connectivity index (χ1n) is 8.87. The average molecular weight is 431 g/mol. The topological polar surface area (TPSA) is 116 Å². The van der Waals surface area contributed by atoms with Gasteiger partial charge < -0.3 is 15.2 Å². The van der Waals surface area contributed by atoms with Crippen molar-refractivity contribution in [2.24, 2.45) is 0 Å². The third kappa shape index (κ3) is 2.96. The summed E-state index contributed by atoms with van der Waals surface area (Å²) in [7, 11) is -2.48. The second kappa shape index (κ2) is 6.77. The predicted octanol–water partition coefficient (Wildman–Crippen LogP) is 2.48. The van der Waals surface area contributed by atoms with Crippen LogP contribution in [0.15, 0.2) is 47.4 Å². The van der Waals surface area contributed by atoms with Gasteiger partial charge in [0.05, 0.1) is 34.8 Å². The minimum absolute atomic E-state index is 0.0373. The fraction of sp³-hybridized carbons (Fsp3) is 0.150. The lowest BCUT2D eigenvalue weighted by molar-refractivity contribution is 0.422. The number of H-pyrrole nitrogens is 1. The summed E-state index contributed by atoms with van der Waals surface area (Å²) in [5.74, 6) is -1.34. The zero-order valence-corrected chi connectivity index (χ0v) is 16.9. The summed E-state index contributed by atoms with van der Waals surface area (Å²) in [6.07, 6.45) is 2.52. The van der Waals surface area contributed by atoms with Crippen molar-refractivity contribution < 1.29 is 23.0 Å². The highest BCUT2D eigenvalue weighted by molar-refractivity contribution is 7.92. The van der Waals surface area contributed by atoms with E-state index < -0.39 is 27.3 Å². The summed E-state index contributed by atoms with van der Waals surface area (Å²) < 4.78 is 39.7. The van der Waals surface area contributed by atoms with Crippen molar-refractivity contribution in [2.75, 3.05) is 17.6 Å². The number of rotatable bonds is 4. The van der Waals surface area contributed by atoms with E-state index in [-0.39, 0.29) is 34.3 Å². The minimum atomic E-state index is -3.77.